The molecule has 1 aromatic rings. The van der Waals surface area contributed by atoms with Crippen LogP contribution in [0.15, 0.2) is 17.0 Å². The molecule has 0 aliphatic carbocycles. The average Bonchev–Trinajstić information content (AvgIpc) is 2.46. The Bertz CT molecular complexity index is 571. The lowest BCUT2D eigenvalue weighted by atomic mass is 10.2. The molecule has 2 N–H and O–H groups in total. The number of ether oxygens (including phenoxy) is 2. The van der Waals surface area contributed by atoms with Crippen LogP contribution in [-0.4, -0.2) is 40.4 Å². The minimum absolute atomic E-state index is 0.145. The zero-order chi connectivity index (χ0) is 16.0. The summed E-state index contributed by atoms with van der Waals surface area (Å²) in [6.07, 6.45) is 0.471. The second kappa shape index (κ2) is 7.63. The number of hydrogen-bond acceptors (Lipinski definition) is 5. The van der Waals surface area contributed by atoms with Crippen molar-refractivity contribution in [2.75, 3.05) is 20.8 Å². The van der Waals surface area contributed by atoms with E-state index in [1.165, 1.54) is 20.3 Å². The highest BCUT2D eigenvalue weighted by atomic mass is 32.2. The highest BCUT2D eigenvalue weighted by Crippen LogP contribution is 2.32. The standard InChI is InChI=1S/C14H23NO5S/c1-5-11(16)6-7-15-21(17,18)14-9-13(20-4)12(19-3)8-10(14)2/h8-9,11,15-16H,5-7H2,1-4H3. The Balaban J connectivity index is 2.97. The molecule has 1 rings (SSSR count). The molecule has 0 heterocycles. The van der Waals surface area contributed by atoms with E-state index in [2.05, 4.69) is 4.72 Å². The Morgan fingerprint density at radius 1 is 1.24 bits per heavy atom. The Morgan fingerprint density at radius 3 is 2.33 bits per heavy atom. The number of sulfonamides is 1. The maximum absolute atomic E-state index is 12.3. The number of nitrogens with one attached hydrogen (secondary N) is 1. The largest absolute Gasteiger partial charge is 0.493 e. The van der Waals surface area contributed by atoms with Crippen molar-refractivity contribution in [3.63, 3.8) is 0 Å². The van der Waals surface area contributed by atoms with Crippen molar-refractivity contribution in [2.45, 2.75) is 37.7 Å². The summed E-state index contributed by atoms with van der Waals surface area (Å²) in [5.41, 5.74) is 0.566. The van der Waals surface area contributed by atoms with E-state index in [9.17, 15) is 13.5 Å². The Labute approximate surface area is 126 Å². The predicted molar refractivity (Wildman–Crippen MR) is 80.4 cm³/mol. The van der Waals surface area contributed by atoms with E-state index in [1.807, 2.05) is 6.92 Å². The van der Waals surface area contributed by atoms with E-state index in [0.717, 1.165) is 0 Å². The van der Waals surface area contributed by atoms with E-state index in [4.69, 9.17) is 9.47 Å². The molecule has 0 saturated heterocycles. The average molecular weight is 317 g/mol. The summed E-state index contributed by atoms with van der Waals surface area (Å²) in [7, 11) is -0.700. The van der Waals surface area contributed by atoms with Crippen LogP contribution < -0.4 is 14.2 Å². The van der Waals surface area contributed by atoms with Crippen molar-refractivity contribution in [1.82, 2.24) is 4.72 Å². The second-order valence-electron chi connectivity index (χ2n) is 4.72. The molecule has 1 aromatic carbocycles. The van der Waals surface area contributed by atoms with Gasteiger partial charge in [0, 0.05) is 12.6 Å². The van der Waals surface area contributed by atoms with Crippen LogP contribution in [0.1, 0.15) is 25.3 Å². The summed E-state index contributed by atoms with van der Waals surface area (Å²) in [4.78, 5) is 0.145. The van der Waals surface area contributed by atoms with Crippen LogP contribution in [0.4, 0.5) is 0 Å². The molecule has 0 fully saturated rings. The molecule has 0 saturated carbocycles. The molecule has 1 unspecified atom stereocenters. The van der Waals surface area contributed by atoms with Crippen molar-refractivity contribution >= 4 is 10.0 Å². The lowest BCUT2D eigenvalue weighted by molar-refractivity contribution is 0.162. The quantitative estimate of drug-likeness (QED) is 0.758. The van der Waals surface area contributed by atoms with Crippen LogP contribution >= 0.6 is 0 Å². The smallest absolute Gasteiger partial charge is 0.240 e. The first-order chi connectivity index (χ1) is 9.85. The Kier molecular flexibility index (Phi) is 6.44. The molecule has 0 aliphatic rings. The zero-order valence-electron chi connectivity index (χ0n) is 12.8. The number of aliphatic hydroxyl groups excluding tert-OH is 1. The monoisotopic (exact) mass is 317 g/mol. The molecule has 0 spiro atoms. The molecule has 21 heavy (non-hydrogen) atoms. The molecule has 0 radical (unpaired) electrons. The van der Waals surface area contributed by atoms with Crippen molar-refractivity contribution in [3.8, 4) is 11.5 Å². The van der Waals surface area contributed by atoms with Crippen LogP contribution in [0.2, 0.25) is 0 Å². The van der Waals surface area contributed by atoms with E-state index in [1.54, 1.807) is 13.0 Å². The normalized spacial score (nSPS) is 13.0. The molecular formula is C14H23NO5S. The molecule has 6 nitrogen and oxygen atoms in total. The van der Waals surface area contributed by atoms with E-state index >= 15 is 0 Å². The van der Waals surface area contributed by atoms with Crippen molar-refractivity contribution in [3.05, 3.63) is 17.7 Å². The fraction of sp³-hybridized carbons (Fsp3) is 0.571. The van der Waals surface area contributed by atoms with Gasteiger partial charge in [-0.05, 0) is 31.4 Å². The summed E-state index contributed by atoms with van der Waals surface area (Å²) in [5, 5.41) is 9.46. The minimum atomic E-state index is -3.65. The third kappa shape index (κ3) is 4.59. The predicted octanol–water partition coefficient (Wildman–Crippen LogP) is 1.45. The molecule has 120 valence electrons. The van der Waals surface area contributed by atoms with Crippen LogP contribution in [0.5, 0.6) is 11.5 Å². The number of rotatable bonds is 8. The molecular weight excluding hydrogens is 294 g/mol. The third-order valence-corrected chi connectivity index (χ3v) is 4.81. The first kappa shape index (κ1) is 17.7. The first-order valence-corrected chi connectivity index (χ1v) is 8.24. The van der Waals surface area contributed by atoms with Gasteiger partial charge in [0.05, 0.1) is 25.2 Å². The van der Waals surface area contributed by atoms with Crippen molar-refractivity contribution in [1.29, 1.82) is 0 Å². The van der Waals surface area contributed by atoms with E-state index in [-0.39, 0.29) is 11.4 Å². The summed E-state index contributed by atoms with van der Waals surface area (Å²) in [6, 6.07) is 3.06. The van der Waals surface area contributed by atoms with Crippen LogP contribution in [-0.2, 0) is 10.0 Å². The first-order valence-electron chi connectivity index (χ1n) is 6.76. The van der Waals surface area contributed by atoms with Gasteiger partial charge in [-0.1, -0.05) is 6.92 Å². The van der Waals surface area contributed by atoms with Crippen LogP contribution in [0.25, 0.3) is 0 Å². The molecule has 7 heteroatoms. The van der Waals surface area contributed by atoms with Gasteiger partial charge in [0.25, 0.3) is 0 Å². The second-order valence-corrected chi connectivity index (χ2v) is 6.46. The summed E-state index contributed by atoms with van der Waals surface area (Å²) < 4.78 is 37.4. The van der Waals surface area contributed by atoms with Gasteiger partial charge in [0.15, 0.2) is 11.5 Å². The van der Waals surface area contributed by atoms with Gasteiger partial charge >= 0.3 is 0 Å². The Morgan fingerprint density at radius 2 is 1.81 bits per heavy atom. The van der Waals surface area contributed by atoms with Crippen molar-refractivity contribution < 1.29 is 23.0 Å². The summed E-state index contributed by atoms with van der Waals surface area (Å²) in [6.45, 7) is 3.72. The van der Waals surface area contributed by atoms with E-state index < -0.39 is 16.1 Å². The number of benzene rings is 1. The molecule has 0 aromatic heterocycles. The Hall–Kier alpha value is -1.31. The van der Waals surface area contributed by atoms with E-state index in [0.29, 0.717) is 29.9 Å². The number of methoxy groups -OCH3 is 2. The van der Waals surface area contributed by atoms with Crippen molar-refractivity contribution in [2.24, 2.45) is 0 Å². The number of aryl methyl sites for hydroxylation is 1. The summed E-state index contributed by atoms with van der Waals surface area (Å²) in [5.74, 6) is 0.840. The molecule has 1 atom stereocenters. The van der Waals surface area contributed by atoms with Gasteiger partial charge in [-0.25, -0.2) is 13.1 Å². The van der Waals surface area contributed by atoms with Gasteiger partial charge in [-0.2, -0.15) is 0 Å². The van der Waals surface area contributed by atoms with Crippen LogP contribution in [0, 0.1) is 6.92 Å². The van der Waals surface area contributed by atoms with Gasteiger partial charge < -0.3 is 14.6 Å². The lowest BCUT2D eigenvalue weighted by Gasteiger charge is -2.14. The van der Waals surface area contributed by atoms with Gasteiger partial charge in [0.1, 0.15) is 0 Å². The van der Waals surface area contributed by atoms with Crippen LogP contribution in [0.3, 0.4) is 0 Å². The minimum Gasteiger partial charge on any atom is -0.493 e. The van der Waals surface area contributed by atoms with Gasteiger partial charge in [-0.3, -0.25) is 0 Å². The highest BCUT2D eigenvalue weighted by molar-refractivity contribution is 7.89. The topological polar surface area (TPSA) is 84.9 Å². The van der Waals surface area contributed by atoms with Gasteiger partial charge in [-0.15, -0.1) is 0 Å². The maximum Gasteiger partial charge on any atom is 0.240 e. The lowest BCUT2D eigenvalue weighted by Crippen LogP contribution is -2.27. The zero-order valence-corrected chi connectivity index (χ0v) is 13.7. The fourth-order valence-electron chi connectivity index (χ4n) is 1.89. The molecule has 0 bridgehead atoms. The fourth-order valence-corrected chi connectivity index (χ4v) is 3.18. The van der Waals surface area contributed by atoms with Gasteiger partial charge in [0.2, 0.25) is 10.0 Å². The maximum atomic E-state index is 12.3. The third-order valence-electron chi connectivity index (χ3n) is 3.21. The highest BCUT2D eigenvalue weighted by Gasteiger charge is 2.20. The number of aliphatic hydroxyl groups is 1. The molecule has 0 amide bonds. The SMILES string of the molecule is CCC(O)CCNS(=O)(=O)c1cc(OC)c(OC)cc1C. The number of hydrogen-bond donors (Lipinski definition) is 2. The summed E-state index contributed by atoms with van der Waals surface area (Å²) >= 11 is 0. The molecule has 0 aliphatic heterocycles.